The quantitative estimate of drug-likeness (QED) is 0.553. The third-order valence-corrected chi connectivity index (χ3v) is 4.79. The van der Waals surface area contributed by atoms with Gasteiger partial charge in [-0.2, -0.15) is 0 Å². The number of hydrogen-bond acceptors (Lipinski definition) is 6. The van der Waals surface area contributed by atoms with Crippen LogP contribution in [0.3, 0.4) is 0 Å². The van der Waals surface area contributed by atoms with Crippen molar-refractivity contribution in [3.63, 3.8) is 0 Å². The van der Waals surface area contributed by atoms with E-state index in [2.05, 4.69) is 15.5 Å². The molecule has 128 valence electrons. The summed E-state index contributed by atoms with van der Waals surface area (Å²) in [5, 5.41) is 12.0. The molecule has 1 N–H and O–H groups in total. The van der Waals surface area contributed by atoms with Gasteiger partial charge in [0, 0.05) is 12.1 Å². The van der Waals surface area contributed by atoms with E-state index in [-0.39, 0.29) is 11.7 Å². The summed E-state index contributed by atoms with van der Waals surface area (Å²) in [5.41, 5.74) is 2.65. The molecule has 0 unspecified atom stereocenters. The molecule has 7 nitrogen and oxygen atoms in total. The Balaban J connectivity index is 1.52. The maximum Gasteiger partial charge on any atom is 0.230 e. The van der Waals surface area contributed by atoms with E-state index in [1.165, 1.54) is 11.8 Å². The second-order valence-electron chi connectivity index (χ2n) is 5.67. The summed E-state index contributed by atoms with van der Waals surface area (Å²) < 4.78 is 12.9. The topological polar surface area (TPSA) is 85.6 Å². The number of hydrogen-bond donors (Lipinski definition) is 1. The molecule has 0 radical (unpaired) electrons. The van der Waals surface area contributed by atoms with Crippen LogP contribution in [0.15, 0.2) is 44.4 Å². The average molecular weight is 356 g/mol. The third-order valence-electron chi connectivity index (χ3n) is 3.82. The fourth-order valence-electron chi connectivity index (χ4n) is 2.72. The Hall–Kier alpha value is -2.74. The first kappa shape index (κ1) is 15.8. The van der Waals surface area contributed by atoms with E-state index < -0.39 is 0 Å². The van der Waals surface area contributed by atoms with Crippen LogP contribution in [0.2, 0.25) is 0 Å². The van der Waals surface area contributed by atoms with E-state index in [9.17, 15) is 4.79 Å². The second kappa shape index (κ2) is 6.29. The Morgan fingerprint density at radius 2 is 2.16 bits per heavy atom. The van der Waals surface area contributed by atoms with Gasteiger partial charge in [0.1, 0.15) is 22.4 Å². The molecule has 0 saturated heterocycles. The van der Waals surface area contributed by atoms with E-state index >= 15 is 0 Å². The lowest BCUT2D eigenvalue weighted by atomic mass is 10.4. The highest BCUT2D eigenvalue weighted by Crippen LogP contribution is 2.29. The summed E-state index contributed by atoms with van der Waals surface area (Å²) in [4.78, 5) is 12.0. The van der Waals surface area contributed by atoms with Crippen LogP contribution in [-0.4, -0.2) is 26.3 Å². The lowest BCUT2D eigenvalue weighted by Gasteiger charge is -2.06. The first-order valence-electron chi connectivity index (χ1n) is 7.78. The molecule has 4 aromatic heterocycles. The van der Waals surface area contributed by atoms with Crippen molar-refractivity contribution in [2.75, 3.05) is 5.75 Å². The number of nitrogens with zero attached hydrogens (tertiary/aromatic N) is 3. The van der Waals surface area contributed by atoms with Gasteiger partial charge in [-0.3, -0.25) is 9.20 Å². The number of nitrogens with one attached hydrogen (secondary N) is 1. The fourth-order valence-corrected chi connectivity index (χ4v) is 3.49. The summed E-state index contributed by atoms with van der Waals surface area (Å²) in [6, 6.07) is 7.52. The predicted molar refractivity (Wildman–Crippen MR) is 93.5 cm³/mol. The molecule has 0 aliphatic carbocycles. The predicted octanol–water partition coefficient (Wildman–Crippen LogP) is 3.09. The molecule has 4 heterocycles. The van der Waals surface area contributed by atoms with Crippen molar-refractivity contribution in [1.82, 2.24) is 19.9 Å². The van der Waals surface area contributed by atoms with Crippen LogP contribution in [-0.2, 0) is 11.3 Å². The monoisotopic (exact) mass is 356 g/mol. The summed E-state index contributed by atoms with van der Waals surface area (Å²) in [6.07, 6.45) is 1.58. The summed E-state index contributed by atoms with van der Waals surface area (Å²) in [6.45, 7) is 4.18. The molecule has 0 atom stereocenters. The van der Waals surface area contributed by atoms with Crippen molar-refractivity contribution in [2.45, 2.75) is 25.4 Å². The number of carbonyl (C=O) groups excluding carboxylic acids is 1. The minimum Gasteiger partial charge on any atom is -0.467 e. The van der Waals surface area contributed by atoms with Crippen LogP contribution in [0.4, 0.5) is 0 Å². The Morgan fingerprint density at radius 1 is 1.28 bits per heavy atom. The summed E-state index contributed by atoms with van der Waals surface area (Å²) in [5.74, 6) is 2.50. The molecule has 0 spiro atoms. The van der Waals surface area contributed by atoms with Crippen molar-refractivity contribution in [2.24, 2.45) is 0 Å². The Labute approximate surface area is 147 Å². The van der Waals surface area contributed by atoms with Gasteiger partial charge in [0.15, 0.2) is 5.58 Å². The highest BCUT2D eigenvalue weighted by Gasteiger charge is 2.15. The van der Waals surface area contributed by atoms with Crippen molar-refractivity contribution >= 4 is 34.3 Å². The number of fused-ring (bicyclic) bond motifs is 3. The van der Waals surface area contributed by atoms with Gasteiger partial charge in [0.2, 0.25) is 5.91 Å². The number of aromatic nitrogens is 3. The van der Waals surface area contributed by atoms with Gasteiger partial charge in [-0.05, 0) is 26.0 Å². The zero-order valence-electron chi connectivity index (χ0n) is 13.8. The van der Waals surface area contributed by atoms with Gasteiger partial charge in [-0.1, -0.05) is 11.8 Å². The number of furan rings is 2. The van der Waals surface area contributed by atoms with E-state index in [0.717, 1.165) is 34.0 Å². The zero-order valence-corrected chi connectivity index (χ0v) is 14.6. The molecule has 1 amide bonds. The molecule has 0 saturated carbocycles. The molecule has 4 rings (SSSR count). The number of thioether (sulfide) groups is 1. The molecule has 8 heteroatoms. The summed E-state index contributed by atoms with van der Waals surface area (Å²) in [7, 11) is 0. The number of aryl methyl sites for hydroxylation is 2. The molecule has 0 aromatic carbocycles. The van der Waals surface area contributed by atoms with Crippen molar-refractivity contribution < 1.29 is 13.6 Å². The van der Waals surface area contributed by atoms with Crippen molar-refractivity contribution in [3.8, 4) is 0 Å². The lowest BCUT2D eigenvalue weighted by Crippen LogP contribution is -2.24. The van der Waals surface area contributed by atoms with Crippen molar-refractivity contribution in [3.05, 3.63) is 47.9 Å². The van der Waals surface area contributed by atoms with Crippen LogP contribution in [0, 0.1) is 13.8 Å². The van der Waals surface area contributed by atoms with Gasteiger partial charge in [0.05, 0.1) is 29.6 Å². The fraction of sp³-hybridized carbons (Fsp3) is 0.235. The van der Waals surface area contributed by atoms with Crippen molar-refractivity contribution in [1.29, 1.82) is 0 Å². The number of rotatable bonds is 5. The second-order valence-corrected chi connectivity index (χ2v) is 6.63. The molecule has 4 aromatic rings. The summed E-state index contributed by atoms with van der Waals surface area (Å²) >= 11 is 1.35. The highest BCUT2D eigenvalue weighted by molar-refractivity contribution is 8.00. The Morgan fingerprint density at radius 3 is 2.96 bits per heavy atom. The van der Waals surface area contributed by atoms with Gasteiger partial charge < -0.3 is 14.2 Å². The smallest absolute Gasteiger partial charge is 0.230 e. The largest absolute Gasteiger partial charge is 0.467 e. The number of carbonyl (C=O) groups is 1. The van der Waals surface area contributed by atoms with E-state index in [0.29, 0.717) is 11.6 Å². The van der Waals surface area contributed by atoms with Gasteiger partial charge in [0.25, 0.3) is 0 Å². The Bertz CT molecular complexity index is 1050. The molecule has 0 bridgehead atoms. The number of amides is 1. The first-order valence-corrected chi connectivity index (χ1v) is 8.77. The van der Waals surface area contributed by atoms with Crippen LogP contribution >= 0.6 is 11.8 Å². The van der Waals surface area contributed by atoms with Gasteiger partial charge >= 0.3 is 0 Å². The normalized spacial score (nSPS) is 11.4. The first-order chi connectivity index (χ1) is 12.1. The maximum atomic E-state index is 12.0. The van der Waals surface area contributed by atoms with Gasteiger partial charge in [-0.25, -0.2) is 0 Å². The maximum absolute atomic E-state index is 12.0. The van der Waals surface area contributed by atoms with Crippen LogP contribution in [0.1, 0.15) is 17.3 Å². The molecule has 0 aliphatic heterocycles. The molecule has 0 aliphatic rings. The molecule has 0 fully saturated rings. The lowest BCUT2D eigenvalue weighted by molar-refractivity contribution is -0.118. The SMILES string of the molecule is Cc1cc2c(cc3c(SCC(=O)NCc4ccco4)nnc(C)n32)o1. The van der Waals surface area contributed by atoms with Gasteiger partial charge in [-0.15, -0.1) is 10.2 Å². The standard InChI is InChI=1S/C17H16N4O3S/c1-10-6-13-15(24-10)7-14-17(20-19-11(2)21(13)14)25-9-16(22)18-8-12-4-3-5-23-12/h3-7H,8-9H2,1-2H3,(H,18,22). The minimum atomic E-state index is -0.0898. The zero-order chi connectivity index (χ0) is 17.4. The average Bonchev–Trinajstić information content (AvgIpc) is 3.28. The van der Waals surface area contributed by atoms with Crippen LogP contribution in [0.5, 0.6) is 0 Å². The minimum absolute atomic E-state index is 0.0898. The molecular weight excluding hydrogens is 340 g/mol. The van der Waals surface area contributed by atoms with Crippen LogP contribution in [0.25, 0.3) is 16.6 Å². The Kier molecular flexibility index (Phi) is 3.96. The van der Waals surface area contributed by atoms with E-state index in [1.807, 2.05) is 36.4 Å². The van der Waals surface area contributed by atoms with E-state index in [4.69, 9.17) is 8.83 Å². The molecule has 25 heavy (non-hydrogen) atoms. The third kappa shape index (κ3) is 3.00. The van der Waals surface area contributed by atoms with Crippen LogP contribution < -0.4 is 5.32 Å². The molecular formula is C17H16N4O3S. The highest BCUT2D eigenvalue weighted by atomic mass is 32.2. The van der Waals surface area contributed by atoms with E-state index in [1.54, 1.807) is 12.3 Å².